The van der Waals surface area contributed by atoms with Crippen LogP contribution < -0.4 is 5.32 Å². The highest BCUT2D eigenvalue weighted by molar-refractivity contribution is 5.78. The maximum Gasteiger partial charge on any atom is 0.223 e. The normalized spacial score (nSPS) is 34.2. The molecule has 148 valence electrons. The quantitative estimate of drug-likeness (QED) is 0.681. The molecule has 1 spiro atoms. The van der Waals surface area contributed by atoms with Crippen LogP contribution >= 0.6 is 0 Å². The molecule has 26 heavy (non-hydrogen) atoms. The summed E-state index contributed by atoms with van der Waals surface area (Å²) in [5.74, 6) is 1.65. The Morgan fingerprint density at radius 2 is 1.96 bits per heavy atom. The highest BCUT2D eigenvalue weighted by atomic mass is 16.2. The van der Waals surface area contributed by atoms with Crippen molar-refractivity contribution in [2.24, 2.45) is 11.8 Å². The van der Waals surface area contributed by atoms with Crippen LogP contribution in [0.3, 0.4) is 0 Å². The van der Waals surface area contributed by atoms with Gasteiger partial charge in [-0.1, -0.05) is 39.5 Å². The average molecular weight is 363 g/mol. The van der Waals surface area contributed by atoms with Crippen molar-refractivity contribution in [1.82, 2.24) is 10.2 Å². The Balaban J connectivity index is 1.56. The Labute approximate surface area is 159 Å². The molecule has 4 heteroatoms. The summed E-state index contributed by atoms with van der Waals surface area (Å²) in [6.07, 6.45) is 14.0. The number of hydrogen-bond donors (Lipinski definition) is 1. The summed E-state index contributed by atoms with van der Waals surface area (Å²) >= 11 is 0. The molecule has 2 heterocycles. The molecule has 1 aliphatic carbocycles. The molecule has 2 amide bonds. The first-order valence-corrected chi connectivity index (χ1v) is 11.2. The van der Waals surface area contributed by atoms with E-state index >= 15 is 0 Å². The van der Waals surface area contributed by atoms with Crippen molar-refractivity contribution in [2.75, 3.05) is 6.54 Å². The lowest BCUT2D eigenvalue weighted by Crippen LogP contribution is -2.59. The van der Waals surface area contributed by atoms with Gasteiger partial charge in [0.2, 0.25) is 11.8 Å². The van der Waals surface area contributed by atoms with Gasteiger partial charge < -0.3 is 10.2 Å². The van der Waals surface area contributed by atoms with E-state index in [1.807, 2.05) is 0 Å². The molecule has 0 unspecified atom stereocenters. The van der Waals surface area contributed by atoms with Gasteiger partial charge in [0.05, 0.1) is 0 Å². The smallest absolute Gasteiger partial charge is 0.223 e. The summed E-state index contributed by atoms with van der Waals surface area (Å²) in [6.45, 7) is 5.50. The second kappa shape index (κ2) is 8.75. The highest BCUT2D eigenvalue weighted by Crippen LogP contribution is 2.51. The van der Waals surface area contributed by atoms with Gasteiger partial charge in [-0.05, 0) is 56.8 Å². The molecule has 0 aromatic rings. The van der Waals surface area contributed by atoms with E-state index in [1.165, 1.54) is 32.1 Å². The zero-order chi connectivity index (χ0) is 18.6. The number of rotatable bonds is 7. The molecule has 1 N–H and O–H groups in total. The monoisotopic (exact) mass is 362 g/mol. The van der Waals surface area contributed by atoms with Crippen molar-refractivity contribution in [3.05, 3.63) is 0 Å². The SMILES string of the molecule is CCCCCCCC(=O)N[C@H]1CC[C@@]23CCCN2C(=O)CCC[C@H]3[C@H]1C. The zero-order valence-corrected chi connectivity index (χ0v) is 16.9. The summed E-state index contributed by atoms with van der Waals surface area (Å²) in [7, 11) is 0. The number of unbranched alkanes of at least 4 members (excludes halogenated alkanes) is 4. The molecule has 2 saturated heterocycles. The third-order valence-corrected chi connectivity index (χ3v) is 7.44. The summed E-state index contributed by atoms with van der Waals surface area (Å²) in [5.41, 5.74) is 0.106. The lowest BCUT2D eigenvalue weighted by Gasteiger charge is -2.52. The largest absolute Gasteiger partial charge is 0.353 e. The lowest BCUT2D eigenvalue weighted by atomic mass is 9.63. The lowest BCUT2D eigenvalue weighted by molar-refractivity contribution is -0.139. The number of hydrogen-bond acceptors (Lipinski definition) is 2. The molecule has 1 saturated carbocycles. The molecule has 0 aromatic carbocycles. The van der Waals surface area contributed by atoms with Crippen LogP contribution in [-0.2, 0) is 9.59 Å². The van der Waals surface area contributed by atoms with Crippen LogP contribution in [0, 0.1) is 11.8 Å². The van der Waals surface area contributed by atoms with E-state index in [4.69, 9.17) is 0 Å². The molecule has 3 aliphatic rings. The first-order valence-electron chi connectivity index (χ1n) is 11.2. The van der Waals surface area contributed by atoms with E-state index in [9.17, 15) is 9.59 Å². The molecular formula is C22H38N2O2. The van der Waals surface area contributed by atoms with E-state index < -0.39 is 0 Å². The molecule has 3 rings (SSSR count). The van der Waals surface area contributed by atoms with Crippen LogP contribution in [0.25, 0.3) is 0 Å². The average Bonchev–Trinajstić information content (AvgIpc) is 2.99. The van der Waals surface area contributed by atoms with Gasteiger partial charge in [-0.15, -0.1) is 0 Å². The molecule has 0 radical (unpaired) electrons. The summed E-state index contributed by atoms with van der Waals surface area (Å²) in [6, 6.07) is 0.296. The molecular weight excluding hydrogens is 324 g/mol. The van der Waals surface area contributed by atoms with E-state index in [-0.39, 0.29) is 11.4 Å². The first kappa shape index (κ1) is 19.7. The Hall–Kier alpha value is -1.06. The van der Waals surface area contributed by atoms with Gasteiger partial charge in [0.1, 0.15) is 0 Å². The van der Waals surface area contributed by atoms with Crippen molar-refractivity contribution in [1.29, 1.82) is 0 Å². The minimum absolute atomic E-state index is 0.106. The second-order valence-corrected chi connectivity index (χ2v) is 8.99. The number of nitrogens with zero attached hydrogens (tertiary/aromatic N) is 1. The summed E-state index contributed by atoms with van der Waals surface area (Å²) < 4.78 is 0. The minimum atomic E-state index is 0.106. The van der Waals surface area contributed by atoms with Crippen LogP contribution in [0.4, 0.5) is 0 Å². The predicted molar refractivity (Wildman–Crippen MR) is 105 cm³/mol. The van der Waals surface area contributed by atoms with Gasteiger partial charge >= 0.3 is 0 Å². The van der Waals surface area contributed by atoms with Crippen molar-refractivity contribution in [3.63, 3.8) is 0 Å². The first-order chi connectivity index (χ1) is 12.6. The predicted octanol–water partition coefficient (Wildman–Crippen LogP) is 4.42. The van der Waals surface area contributed by atoms with Crippen molar-refractivity contribution >= 4 is 11.8 Å². The molecule has 2 aliphatic heterocycles. The topological polar surface area (TPSA) is 49.4 Å². The van der Waals surface area contributed by atoms with Gasteiger partial charge in [0, 0.05) is 31.0 Å². The van der Waals surface area contributed by atoms with Crippen molar-refractivity contribution in [3.8, 4) is 0 Å². The maximum absolute atomic E-state index is 12.6. The number of amides is 2. The van der Waals surface area contributed by atoms with E-state index in [1.54, 1.807) is 0 Å². The fourth-order valence-corrected chi connectivity index (χ4v) is 6.05. The molecule has 4 nitrogen and oxygen atoms in total. The summed E-state index contributed by atoms with van der Waals surface area (Å²) in [5, 5.41) is 3.36. The van der Waals surface area contributed by atoms with Crippen molar-refractivity contribution in [2.45, 2.75) is 109 Å². The van der Waals surface area contributed by atoms with Crippen LogP contribution in [0.15, 0.2) is 0 Å². The Morgan fingerprint density at radius 1 is 1.15 bits per heavy atom. The van der Waals surface area contributed by atoms with Crippen molar-refractivity contribution < 1.29 is 9.59 Å². The Bertz CT molecular complexity index is 506. The standard InChI is InChI=1S/C22H38N2O2/c1-3-4-5-6-7-11-20(25)23-19-13-15-22-14-9-16-24(22)21(26)12-8-10-18(22)17(19)2/h17-19H,3-16H2,1-2H3,(H,23,25)/t17-,18+,19+,22-/m1/s1. The van der Waals surface area contributed by atoms with Crippen LogP contribution in [0.1, 0.15) is 97.3 Å². The molecule has 4 atom stereocenters. The Kier molecular flexibility index (Phi) is 6.63. The number of carbonyl (C=O) groups excluding carboxylic acids is 2. The van der Waals surface area contributed by atoms with E-state index in [0.29, 0.717) is 30.2 Å². The minimum Gasteiger partial charge on any atom is -0.353 e. The maximum atomic E-state index is 12.6. The highest BCUT2D eigenvalue weighted by Gasteiger charge is 2.55. The zero-order valence-electron chi connectivity index (χ0n) is 16.9. The van der Waals surface area contributed by atoms with Crippen LogP contribution in [0.5, 0.6) is 0 Å². The van der Waals surface area contributed by atoms with Gasteiger partial charge in [-0.2, -0.15) is 0 Å². The third-order valence-electron chi connectivity index (χ3n) is 7.44. The van der Waals surface area contributed by atoms with Gasteiger partial charge in [0.25, 0.3) is 0 Å². The van der Waals surface area contributed by atoms with Gasteiger partial charge in [-0.3, -0.25) is 9.59 Å². The summed E-state index contributed by atoms with van der Waals surface area (Å²) in [4.78, 5) is 27.2. The Morgan fingerprint density at radius 3 is 2.77 bits per heavy atom. The van der Waals surface area contributed by atoms with Crippen LogP contribution in [-0.4, -0.2) is 34.8 Å². The second-order valence-electron chi connectivity index (χ2n) is 8.99. The van der Waals surface area contributed by atoms with Gasteiger partial charge in [-0.25, -0.2) is 0 Å². The van der Waals surface area contributed by atoms with Crippen LogP contribution in [0.2, 0.25) is 0 Å². The fraction of sp³-hybridized carbons (Fsp3) is 0.909. The molecule has 0 bridgehead atoms. The number of carbonyl (C=O) groups is 2. The van der Waals surface area contributed by atoms with E-state index in [0.717, 1.165) is 51.5 Å². The fourth-order valence-electron chi connectivity index (χ4n) is 6.05. The third kappa shape index (κ3) is 3.94. The molecule has 0 aromatic heterocycles. The number of nitrogens with one attached hydrogen (secondary N) is 1. The molecule has 3 fully saturated rings. The van der Waals surface area contributed by atoms with Gasteiger partial charge in [0.15, 0.2) is 0 Å². The van der Waals surface area contributed by atoms with E-state index in [2.05, 4.69) is 24.1 Å².